The number of hydrogen-bond acceptors (Lipinski definition) is 6. The molecule has 0 bridgehead atoms. The van der Waals surface area contributed by atoms with Gasteiger partial charge in [-0.25, -0.2) is 4.79 Å². The number of ether oxygens (including phenoxy) is 2. The van der Waals surface area contributed by atoms with Crippen LogP contribution in [0.5, 0.6) is 0 Å². The van der Waals surface area contributed by atoms with Gasteiger partial charge in [0.25, 0.3) is 0 Å². The van der Waals surface area contributed by atoms with Crippen LogP contribution < -0.4 is 10.2 Å². The molecule has 1 amide bonds. The maximum Gasteiger partial charge on any atom is 0.407 e. The van der Waals surface area contributed by atoms with Gasteiger partial charge in [-0.1, -0.05) is 6.07 Å². The fourth-order valence-electron chi connectivity index (χ4n) is 3.25. The van der Waals surface area contributed by atoms with Gasteiger partial charge >= 0.3 is 12.1 Å². The summed E-state index contributed by atoms with van der Waals surface area (Å²) in [4.78, 5) is 40.1. The van der Waals surface area contributed by atoms with Gasteiger partial charge in [0.05, 0.1) is 6.42 Å². The van der Waals surface area contributed by atoms with E-state index in [0.717, 1.165) is 11.3 Å². The summed E-state index contributed by atoms with van der Waals surface area (Å²) < 4.78 is 10.7. The second-order valence-corrected chi connectivity index (χ2v) is 10.9. The molecular formula is C25H38Cl2N2O5. The van der Waals surface area contributed by atoms with E-state index in [9.17, 15) is 14.4 Å². The summed E-state index contributed by atoms with van der Waals surface area (Å²) in [6.07, 6.45) is -0.950. The normalized spacial score (nSPS) is 12.6. The average molecular weight is 517 g/mol. The Morgan fingerprint density at radius 2 is 1.50 bits per heavy atom. The van der Waals surface area contributed by atoms with Gasteiger partial charge in [-0.3, -0.25) is 9.59 Å². The Bertz CT molecular complexity index is 811. The van der Waals surface area contributed by atoms with Gasteiger partial charge < -0.3 is 19.7 Å². The van der Waals surface area contributed by atoms with E-state index in [1.165, 1.54) is 0 Å². The maximum atomic E-state index is 13.3. The number of benzene rings is 1. The second kappa shape index (κ2) is 13.2. The Hall–Kier alpha value is -1.99. The smallest absolute Gasteiger partial charge is 0.407 e. The third kappa shape index (κ3) is 11.4. The summed E-state index contributed by atoms with van der Waals surface area (Å²) in [5.41, 5.74) is 0.727. The first-order valence-electron chi connectivity index (χ1n) is 11.4. The molecule has 0 aliphatic heterocycles. The highest BCUT2D eigenvalue weighted by molar-refractivity contribution is 6.18. The van der Waals surface area contributed by atoms with Crippen molar-refractivity contribution in [3.8, 4) is 0 Å². The van der Waals surface area contributed by atoms with Crippen molar-refractivity contribution in [2.75, 3.05) is 29.7 Å². The first-order chi connectivity index (χ1) is 15.6. The zero-order chi connectivity index (χ0) is 26.1. The summed E-state index contributed by atoms with van der Waals surface area (Å²) in [6, 6.07) is 4.79. The number of nitrogens with one attached hydrogen (secondary N) is 1. The van der Waals surface area contributed by atoms with E-state index in [1.807, 2.05) is 24.0 Å². The zero-order valence-corrected chi connectivity index (χ0v) is 22.8. The third-order valence-electron chi connectivity index (χ3n) is 4.58. The highest BCUT2D eigenvalue weighted by Crippen LogP contribution is 2.22. The van der Waals surface area contributed by atoms with Crippen molar-refractivity contribution in [3.05, 3.63) is 29.3 Å². The van der Waals surface area contributed by atoms with Gasteiger partial charge in [-0.05, 0) is 66.2 Å². The van der Waals surface area contributed by atoms with E-state index in [4.69, 9.17) is 32.7 Å². The van der Waals surface area contributed by atoms with Gasteiger partial charge in [0.1, 0.15) is 11.2 Å². The van der Waals surface area contributed by atoms with Crippen molar-refractivity contribution in [1.82, 2.24) is 5.32 Å². The first-order valence-corrected chi connectivity index (χ1v) is 12.4. The molecule has 0 fully saturated rings. The largest absolute Gasteiger partial charge is 0.460 e. The van der Waals surface area contributed by atoms with Crippen LogP contribution in [-0.4, -0.2) is 59.9 Å². The van der Waals surface area contributed by atoms with Gasteiger partial charge in [0.15, 0.2) is 5.78 Å². The molecule has 1 aromatic rings. The fourth-order valence-corrected chi connectivity index (χ4v) is 3.66. The molecule has 0 spiro atoms. The molecule has 0 heterocycles. The Balaban J connectivity index is 3.13. The molecule has 1 rings (SSSR count). The molecular weight excluding hydrogens is 479 g/mol. The Morgan fingerprint density at radius 3 is 2.00 bits per heavy atom. The van der Waals surface area contributed by atoms with Gasteiger partial charge in [-0.2, -0.15) is 0 Å². The van der Waals surface area contributed by atoms with Crippen molar-refractivity contribution in [2.24, 2.45) is 0 Å². The quantitative estimate of drug-likeness (QED) is 0.238. The van der Waals surface area contributed by atoms with Crippen LogP contribution in [0.15, 0.2) is 18.2 Å². The highest BCUT2D eigenvalue weighted by atomic mass is 35.5. The van der Waals surface area contributed by atoms with E-state index in [1.54, 1.807) is 47.6 Å². The minimum Gasteiger partial charge on any atom is -0.460 e. The molecule has 0 radical (unpaired) electrons. The van der Waals surface area contributed by atoms with Gasteiger partial charge in [-0.15, -0.1) is 23.2 Å². The minimum atomic E-state index is -0.790. The molecule has 9 heteroatoms. The Kier molecular flexibility index (Phi) is 11.7. The minimum absolute atomic E-state index is 0.0895. The van der Waals surface area contributed by atoms with Crippen molar-refractivity contribution in [2.45, 2.75) is 78.6 Å². The van der Waals surface area contributed by atoms with E-state index in [2.05, 4.69) is 5.32 Å². The number of esters is 1. The molecule has 192 valence electrons. The van der Waals surface area contributed by atoms with Crippen molar-refractivity contribution < 1.29 is 23.9 Å². The topological polar surface area (TPSA) is 84.9 Å². The predicted molar refractivity (Wildman–Crippen MR) is 137 cm³/mol. The van der Waals surface area contributed by atoms with Gasteiger partial charge in [0, 0.05) is 48.6 Å². The summed E-state index contributed by atoms with van der Waals surface area (Å²) >= 11 is 11.9. The van der Waals surface area contributed by atoms with Crippen LogP contribution in [0, 0.1) is 6.92 Å². The predicted octanol–water partition coefficient (Wildman–Crippen LogP) is 5.48. The number of amides is 1. The number of carbonyl (C=O) groups excluding carboxylic acids is 3. The van der Waals surface area contributed by atoms with Crippen LogP contribution in [0.3, 0.4) is 0 Å². The molecule has 1 N–H and O–H groups in total. The summed E-state index contributed by atoms with van der Waals surface area (Å²) in [7, 11) is 0. The molecule has 0 aromatic heterocycles. The SMILES string of the molecule is Cc1ccc(N(CCCl)CCCl)cc1C(=O)C[C@@H](CC(=O)OC(C)(C)C)NC(=O)OC(C)(C)C. The Labute approximate surface area is 213 Å². The molecule has 0 saturated heterocycles. The molecule has 1 aromatic carbocycles. The van der Waals surface area contributed by atoms with E-state index in [0.29, 0.717) is 30.4 Å². The molecule has 0 unspecified atom stereocenters. The molecule has 1 atom stereocenters. The number of anilines is 1. The van der Waals surface area contributed by atoms with Crippen LogP contribution in [0.2, 0.25) is 0 Å². The van der Waals surface area contributed by atoms with Crippen LogP contribution in [0.25, 0.3) is 0 Å². The molecule has 0 aliphatic carbocycles. The lowest BCUT2D eigenvalue weighted by molar-refractivity contribution is -0.155. The van der Waals surface area contributed by atoms with Crippen molar-refractivity contribution >= 4 is 46.7 Å². The van der Waals surface area contributed by atoms with Crippen LogP contribution in [-0.2, 0) is 14.3 Å². The Morgan fingerprint density at radius 1 is 0.941 bits per heavy atom. The van der Waals surface area contributed by atoms with Crippen LogP contribution in [0.1, 0.15) is 70.3 Å². The summed E-state index contributed by atoms with van der Waals surface area (Å²) in [5, 5.41) is 2.66. The molecule has 34 heavy (non-hydrogen) atoms. The number of ketones is 1. The first kappa shape index (κ1) is 30.0. The lowest BCUT2D eigenvalue weighted by Crippen LogP contribution is -2.42. The van der Waals surface area contributed by atoms with Gasteiger partial charge in [0.2, 0.25) is 0 Å². The van der Waals surface area contributed by atoms with E-state index in [-0.39, 0.29) is 18.6 Å². The van der Waals surface area contributed by atoms with Crippen molar-refractivity contribution in [1.29, 1.82) is 0 Å². The number of Topliss-reactive ketones (excluding diaryl/α,β-unsaturated/α-hetero) is 1. The number of carbonyl (C=O) groups is 3. The summed E-state index contributed by atoms with van der Waals surface area (Å²) in [5.74, 6) is 0.125. The lowest BCUT2D eigenvalue weighted by Gasteiger charge is -2.25. The number of aryl methyl sites for hydroxylation is 1. The summed E-state index contributed by atoms with van der Waals surface area (Å²) in [6.45, 7) is 13.5. The number of nitrogens with zero attached hydrogens (tertiary/aromatic N) is 1. The number of rotatable bonds is 11. The van der Waals surface area contributed by atoms with E-state index < -0.39 is 29.3 Å². The number of halogens is 2. The second-order valence-electron chi connectivity index (χ2n) is 10.1. The number of alkyl carbamates (subject to hydrolysis) is 1. The average Bonchev–Trinajstić information content (AvgIpc) is 2.64. The molecule has 0 aliphatic rings. The van der Waals surface area contributed by atoms with Crippen LogP contribution in [0.4, 0.5) is 10.5 Å². The highest BCUT2D eigenvalue weighted by Gasteiger charge is 2.27. The third-order valence-corrected chi connectivity index (χ3v) is 4.92. The maximum absolute atomic E-state index is 13.3. The number of hydrogen-bond donors (Lipinski definition) is 1. The zero-order valence-electron chi connectivity index (χ0n) is 21.3. The lowest BCUT2D eigenvalue weighted by atomic mass is 9.97. The van der Waals surface area contributed by atoms with Crippen molar-refractivity contribution in [3.63, 3.8) is 0 Å². The molecule has 0 saturated carbocycles. The van der Waals surface area contributed by atoms with Crippen LogP contribution >= 0.6 is 23.2 Å². The molecule has 7 nitrogen and oxygen atoms in total. The number of alkyl halides is 2. The monoisotopic (exact) mass is 516 g/mol. The van der Waals surface area contributed by atoms with E-state index >= 15 is 0 Å². The fraction of sp³-hybridized carbons (Fsp3) is 0.640. The standard InChI is InChI=1S/C25H38Cl2N2O5/c1-17-8-9-19(29(12-10-26)13-11-27)16-20(17)21(30)14-18(15-22(31)33-24(2,3)4)28-23(32)34-25(5,6)7/h8-9,16,18H,10-15H2,1-7H3,(H,28,32)/t18-/m0/s1.